The predicted octanol–water partition coefficient (Wildman–Crippen LogP) is 32.9. The van der Waals surface area contributed by atoms with Crippen LogP contribution in [0.1, 0.15) is 0 Å². The smallest absolute Gasteiger partial charge is 0.164 e. The van der Waals surface area contributed by atoms with E-state index >= 15 is 0 Å². The van der Waals surface area contributed by atoms with Crippen LogP contribution in [0, 0.1) is 0 Å². The number of benzene rings is 19. The Kier molecular flexibility index (Phi) is 22.2. The molecule has 0 radical (unpaired) electrons. The van der Waals surface area contributed by atoms with Gasteiger partial charge in [-0.2, -0.15) is 0 Å². The van der Waals surface area contributed by atoms with E-state index in [0.29, 0.717) is 58.2 Å². The number of hydrogen-bond donors (Lipinski definition) is 0. The van der Waals surface area contributed by atoms with Crippen LogP contribution in [0.2, 0.25) is 0 Å². The maximum atomic E-state index is 6.41. The summed E-state index contributed by atoms with van der Waals surface area (Å²) in [6, 6.07) is 161. The van der Waals surface area contributed by atoms with Gasteiger partial charge in [-0.3, -0.25) is 0 Å². The highest BCUT2D eigenvalue weighted by molar-refractivity contribution is 6.12. The summed E-state index contributed by atoms with van der Waals surface area (Å²) in [6.45, 7) is 0. The first-order chi connectivity index (χ1) is 70.8. The van der Waals surface area contributed by atoms with Crippen LogP contribution in [0.25, 0.3) is 268 Å². The van der Waals surface area contributed by atoms with Gasteiger partial charge in [-0.25, -0.2) is 54.8 Å². The minimum Gasteiger partial charge on any atom is -0.456 e. The average Bonchev–Trinajstić information content (AvgIpc) is 1.62. The third kappa shape index (κ3) is 17.0. The second kappa shape index (κ2) is 37.4. The number of rotatable bonds is 14. The summed E-state index contributed by atoms with van der Waals surface area (Å²) >= 11 is 0. The molecule has 143 heavy (non-hydrogen) atoms. The third-order valence-corrected chi connectivity index (χ3v) is 25.5. The Morgan fingerprint density at radius 3 is 0.643 bits per heavy atom. The first-order valence-electron chi connectivity index (χ1n) is 47.1. The van der Waals surface area contributed by atoms with Crippen LogP contribution >= 0.6 is 0 Å². The lowest BCUT2D eigenvalue weighted by atomic mass is 9.92. The Morgan fingerprint density at radius 2 is 0.322 bits per heavy atom. The van der Waals surface area contributed by atoms with Crippen molar-refractivity contribution in [3.63, 3.8) is 0 Å². The fourth-order valence-corrected chi connectivity index (χ4v) is 18.5. The predicted molar refractivity (Wildman–Crippen MR) is 574 cm³/mol. The van der Waals surface area contributed by atoms with Gasteiger partial charge in [-0.05, 0) is 132 Å². The Morgan fingerprint density at radius 1 is 0.112 bits per heavy atom. The molecular weight excluding hydrogens is 1760 g/mol. The normalized spacial score (nSPS) is 11.4. The number of hydrogen-bond acceptors (Lipinski definition) is 16. The summed E-state index contributed by atoms with van der Waals surface area (Å²) < 4.78 is 30.4. The third-order valence-electron chi connectivity index (χ3n) is 25.5. The van der Waals surface area contributed by atoms with Gasteiger partial charge in [0, 0.05) is 126 Å². The maximum absolute atomic E-state index is 6.41. The number of furan rings is 5. The van der Waals surface area contributed by atoms with Crippen molar-refractivity contribution in [2.45, 2.75) is 0 Å². The number of fused-ring (bicyclic) bond motifs is 15. The minimum absolute atomic E-state index is 0.609. The Balaban J connectivity index is 0.000000101. The summed E-state index contributed by atoms with van der Waals surface area (Å²) in [5.74, 6) is 6.41. The molecule has 0 bridgehead atoms. The molecule has 28 rings (SSSR count). The molecule has 19 aromatic carbocycles. The van der Waals surface area contributed by atoms with Crippen LogP contribution in [0.4, 0.5) is 0 Å². The van der Waals surface area contributed by atoms with Gasteiger partial charge in [0.2, 0.25) is 0 Å². The van der Waals surface area contributed by atoms with Gasteiger partial charge in [0.05, 0.1) is 11.4 Å². The first-order valence-corrected chi connectivity index (χ1v) is 47.1. The quantitative estimate of drug-likeness (QED) is 0.0992. The van der Waals surface area contributed by atoms with Gasteiger partial charge >= 0.3 is 0 Å². The molecule has 0 unspecified atom stereocenters. The summed E-state index contributed by atoms with van der Waals surface area (Å²) in [4.78, 5) is 53.7. The molecule has 0 fully saturated rings. The Hall–Kier alpha value is -19.7. The molecule has 16 heteroatoms. The average molecular weight is 1840 g/mol. The zero-order valence-electron chi connectivity index (χ0n) is 76.6. The molecule has 0 saturated carbocycles. The fourth-order valence-electron chi connectivity index (χ4n) is 18.5. The van der Waals surface area contributed by atoms with Crippen LogP contribution in [0.5, 0.6) is 0 Å². The zero-order chi connectivity index (χ0) is 94.9. The van der Waals surface area contributed by atoms with Crippen molar-refractivity contribution < 1.29 is 22.1 Å². The van der Waals surface area contributed by atoms with Gasteiger partial charge in [0.15, 0.2) is 58.2 Å². The number of nitrogens with zero attached hydrogens (tertiary/aromatic N) is 11. The molecule has 9 aromatic heterocycles. The summed E-state index contributed by atoms with van der Waals surface area (Å²) in [6.07, 6.45) is 0. The molecule has 0 amide bonds. The molecule has 0 spiro atoms. The van der Waals surface area contributed by atoms with Crippen LogP contribution in [0.3, 0.4) is 0 Å². The van der Waals surface area contributed by atoms with E-state index in [2.05, 4.69) is 158 Å². The molecule has 0 N–H and O–H groups in total. The standard InChI is InChI=1S/C39H25N3O.C33H19N3O2.C28H18N2O.C27H17N3O/c1-3-13-26(14-4-1)37-40-38(27-15-5-2-6-16-27)42-39(41-37)29-18-11-17-28(25-29)30-19-7-8-20-31(30)33-22-12-23-34-32-21-9-10-24-35(32)43-36(33)34;1-2-8-20(9-3-1)31-34-32(21-14-16-29-25(18-21)23-10-4-6-12-27(23)37-29)36-33(35-31)22-15-17-30-26(19-22)24-11-5-7-13-28(24)38-30;1-3-9-19(10-4-1)24-18-25(20-11-5-2-6-12-20)30-28(29-24)21-15-16-27-23(17-21)22-13-7-8-14-26(22)31-27;1-3-9-18(10-4-1)25-28-26(19-11-5-2-6-12-19)30-27(29-25)20-15-16-24-22(17-20)21-13-7-8-14-23(21)31-24/h1-25H;1-19H;1-18H;1-17H. The molecule has 0 aliphatic rings. The summed E-state index contributed by atoms with van der Waals surface area (Å²) in [5.41, 5.74) is 26.3. The van der Waals surface area contributed by atoms with Crippen molar-refractivity contribution >= 4 is 110 Å². The SMILES string of the molecule is c1ccc(-c2cc(-c3ccccc3)nc(-c3ccc4oc5ccccc5c4c3)n2)cc1.c1ccc(-c2nc(-c3ccc4oc5ccccc5c4c3)nc(-c3ccc4oc5ccccc5c4c3)n2)cc1.c1ccc(-c2nc(-c3ccccc3)nc(-c3ccc4oc5ccccc5c4c3)n2)cc1.c1ccc(-c2nc(-c3ccccc3)nc(-c3cccc(-c4ccccc4-c4cccc5c4oc4ccccc45)c3)n2)cc1. The highest BCUT2D eigenvalue weighted by atomic mass is 16.3. The highest BCUT2D eigenvalue weighted by Crippen LogP contribution is 2.44. The fraction of sp³-hybridized carbons (Fsp3) is 0. The van der Waals surface area contributed by atoms with E-state index in [1.54, 1.807) is 0 Å². The molecule has 9 heterocycles. The number of para-hydroxylation sites is 6. The molecule has 672 valence electrons. The molecule has 16 nitrogen and oxygen atoms in total. The monoisotopic (exact) mass is 1840 g/mol. The van der Waals surface area contributed by atoms with E-state index in [1.165, 1.54) is 0 Å². The lowest BCUT2D eigenvalue weighted by Crippen LogP contribution is -2.00. The molecule has 0 aliphatic carbocycles. The van der Waals surface area contributed by atoms with Crippen molar-refractivity contribution in [3.05, 3.63) is 479 Å². The molecule has 0 saturated heterocycles. The van der Waals surface area contributed by atoms with E-state index < -0.39 is 0 Å². The second-order valence-corrected chi connectivity index (χ2v) is 34.6. The van der Waals surface area contributed by atoms with Crippen LogP contribution in [-0.2, 0) is 0 Å². The highest BCUT2D eigenvalue weighted by Gasteiger charge is 2.23. The van der Waals surface area contributed by atoms with Gasteiger partial charge in [0.1, 0.15) is 55.8 Å². The molecular formula is C127H79N11O5. The maximum Gasteiger partial charge on any atom is 0.164 e. The van der Waals surface area contributed by atoms with Crippen LogP contribution < -0.4 is 0 Å². The number of aromatic nitrogens is 11. The first kappa shape index (κ1) is 85.0. The lowest BCUT2D eigenvalue weighted by Gasteiger charge is -2.12. The largest absolute Gasteiger partial charge is 0.456 e. The molecule has 0 aliphatic heterocycles. The van der Waals surface area contributed by atoms with Crippen molar-refractivity contribution in [2.75, 3.05) is 0 Å². The van der Waals surface area contributed by atoms with Crippen LogP contribution in [-0.4, -0.2) is 54.8 Å². The van der Waals surface area contributed by atoms with E-state index in [4.69, 9.17) is 76.9 Å². The van der Waals surface area contributed by atoms with Crippen molar-refractivity contribution in [3.8, 4) is 159 Å². The second-order valence-electron chi connectivity index (χ2n) is 34.6. The van der Waals surface area contributed by atoms with Gasteiger partial charge in [-0.15, -0.1) is 0 Å². The van der Waals surface area contributed by atoms with E-state index in [-0.39, 0.29) is 0 Å². The molecule has 0 atom stereocenters. The lowest BCUT2D eigenvalue weighted by molar-refractivity contribution is 0.668. The van der Waals surface area contributed by atoms with Crippen molar-refractivity contribution in [1.29, 1.82) is 0 Å². The van der Waals surface area contributed by atoms with Crippen molar-refractivity contribution in [1.82, 2.24) is 54.8 Å². The van der Waals surface area contributed by atoms with E-state index in [0.717, 1.165) is 210 Å². The summed E-state index contributed by atoms with van der Waals surface area (Å²) in [5, 5.41) is 10.8. The van der Waals surface area contributed by atoms with E-state index in [9.17, 15) is 0 Å². The minimum atomic E-state index is 0.609. The summed E-state index contributed by atoms with van der Waals surface area (Å²) in [7, 11) is 0. The zero-order valence-corrected chi connectivity index (χ0v) is 76.6. The molecule has 28 aromatic rings. The topological polar surface area (TPSA) is 207 Å². The van der Waals surface area contributed by atoms with Gasteiger partial charge < -0.3 is 22.1 Å². The Bertz CT molecular complexity index is 9080. The van der Waals surface area contributed by atoms with E-state index in [1.807, 2.05) is 322 Å². The van der Waals surface area contributed by atoms with Gasteiger partial charge in [-0.1, -0.05) is 364 Å². The Labute approximate surface area is 819 Å². The van der Waals surface area contributed by atoms with Gasteiger partial charge in [0.25, 0.3) is 0 Å². The van der Waals surface area contributed by atoms with Crippen molar-refractivity contribution in [2.24, 2.45) is 0 Å². The van der Waals surface area contributed by atoms with Crippen LogP contribution in [0.15, 0.2) is 501 Å².